The number of rotatable bonds is 8. The minimum atomic E-state index is -0.112. The standard InChI is InChI=1S/C13H26N2O2/c1-5-10(2)15(3)9-8-14-12(11-6-7-11)13(16)17-4/h10-12,14H,5-9H2,1-4H3. The molecule has 1 rings (SSSR count). The first-order chi connectivity index (χ1) is 8.10. The van der Waals surface area contributed by atoms with E-state index in [0.29, 0.717) is 12.0 Å². The van der Waals surface area contributed by atoms with Crippen molar-refractivity contribution in [3.8, 4) is 0 Å². The van der Waals surface area contributed by atoms with Gasteiger partial charge in [0.2, 0.25) is 0 Å². The Bertz CT molecular complexity index is 242. The SMILES string of the molecule is CCC(C)N(C)CCNC(C(=O)OC)C1CC1. The number of methoxy groups -OCH3 is 1. The van der Waals surface area contributed by atoms with Crippen molar-refractivity contribution in [1.82, 2.24) is 10.2 Å². The molecule has 0 aromatic rings. The number of nitrogens with one attached hydrogen (secondary N) is 1. The van der Waals surface area contributed by atoms with E-state index >= 15 is 0 Å². The third kappa shape index (κ3) is 4.64. The van der Waals surface area contributed by atoms with Crippen molar-refractivity contribution < 1.29 is 9.53 Å². The van der Waals surface area contributed by atoms with Gasteiger partial charge in [-0.1, -0.05) is 6.92 Å². The number of hydrogen-bond acceptors (Lipinski definition) is 4. The van der Waals surface area contributed by atoms with Crippen LogP contribution in [0, 0.1) is 5.92 Å². The van der Waals surface area contributed by atoms with E-state index in [1.54, 1.807) is 0 Å². The Balaban J connectivity index is 2.25. The van der Waals surface area contributed by atoms with Gasteiger partial charge in [0.15, 0.2) is 0 Å². The molecule has 1 aliphatic carbocycles. The van der Waals surface area contributed by atoms with E-state index in [1.165, 1.54) is 7.11 Å². The van der Waals surface area contributed by atoms with Gasteiger partial charge in [0, 0.05) is 19.1 Å². The molecule has 1 fully saturated rings. The molecule has 0 bridgehead atoms. The smallest absolute Gasteiger partial charge is 0.323 e. The molecule has 100 valence electrons. The summed E-state index contributed by atoms with van der Waals surface area (Å²) in [5.74, 6) is 0.384. The Morgan fingerprint density at radius 1 is 1.53 bits per heavy atom. The Hall–Kier alpha value is -0.610. The molecule has 0 aromatic heterocycles. The van der Waals surface area contributed by atoms with Crippen LogP contribution >= 0.6 is 0 Å². The summed E-state index contributed by atoms with van der Waals surface area (Å²) in [7, 11) is 3.59. The molecule has 4 heteroatoms. The Kier molecular flexibility index (Phi) is 5.92. The second-order valence-corrected chi connectivity index (χ2v) is 5.03. The summed E-state index contributed by atoms with van der Waals surface area (Å²) in [5, 5.41) is 3.33. The van der Waals surface area contributed by atoms with Crippen LogP contribution in [0.4, 0.5) is 0 Å². The number of carbonyl (C=O) groups is 1. The monoisotopic (exact) mass is 242 g/mol. The molecule has 0 saturated heterocycles. The van der Waals surface area contributed by atoms with Crippen LogP contribution in [0.15, 0.2) is 0 Å². The van der Waals surface area contributed by atoms with Gasteiger partial charge in [-0.2, -0.15) is 0 Å². The van der Waals surface area contributed by atoms with Crippen LogP contribution in [0.5, 0.6) is 0 Å². The average Bonchev–Trinajstić information content (AvgIpc) is 3.16. The summed E-state index contributed by atoms with van der Waals surface area (Å²) in [6.45, 7) is 6.22. The normalized spacial score (nSPS) is 19.1. The maximum Gasteiger partial charge on any atom is 0.323 e. The van der Waals surface area contributed by atoms with Crippen LogP contribution in [0.25, 0.3) is 0 Å². The van der Waals surface area contributed by atoms with Crippen molar-refractivity contribution in [1.29, 1.82) is 0 Å². The molecular weight excluding hydrogens is 216 g/mol. The second kappa shape index (κ2) is 6.97. The van der Waals surface area contributed by atoms with E-state index in [1.807, 2.05) is 0 Å². The molecule has 0 aromatic carbocycles. The molecular formula is C13H26N2O2. The van der Waals surface area contributed by atoms with E-state index in [9.17, 15) is 4.79 Å². The first-order valence-electron chi connectivity index (χ1n) is 6.61. The number of carbonyl (C=O) groups excluding carboxylic acids is 1. The second-order valence-electron chi connectivity index (χ2n) is 5.03. The van der Waals surface area contributed by atoms with E-state index in [4.69, 9.17) is 4.74 Å². The van der Waals surface area contributed by atoms with Gasteiger partial charge < -0.3 is 15.0 Å². The Morgan fingerprint density at radius 2 is 2.18 bits per heavy atom. The molecule has 0 aliphatic heterocycles. The minimum Gasteiger partial charge on any atom is -0.468 e. The average molecular weight is 242 g/mol. The van der Waals surface area contributed by atoms with E-state index in [-0.39, 0.29) is 12.0 Å². The molecule has 4 nitrogen and oxygen atoms in total. The van der Waals surface area contributed by atoms with E-state index in [2.05, 4.69) is 31.1 Å². The van der Waals surface area contributed by atoms with Crippen molar-refractivity contribution >= 4 is 5.97 Å². The van der Waals surface area contributed by atoms with Crippen LogP contribution in [-0.2, 0) is 9.53 Å². The fourth-order valence-corrected chi connectivity index (χ4v) is 1.93. The topological polar surface area (TPSA) is 41.6 Å². The highest BCUT2D eigenvalue weighted by Crippen LogP contribution is 2.33. The predicted molar refractivity (Wildman–Crippen MR) is 68.9 cm³/mol. The fraction of sp³-hybridized carbons (Fsp3) is 0.923. The lowest BCUT2D eigenvalue weighted by Crippen LogP contribution is -2.44. The number of likely N-dealkylation sites (N-methyl/N-ethyl adjacent to an activating group) is 1. The molecule has 0 amide bonds. The summed E-state index contributed by atoms with van der Waals surface area (Å²) in [6.07, 6.45) is 3.45. The first-order valence-corrected chi connectivity index (χ1v) is 6.61. The van der Waals surface area contributed by atoms with Crippen LogP contribution in [-0.4, -0.2) is 50.2 Å². The van der Waals surface area contributed by atoms with Crippen molar-refractivity contribution in [2.75, 3.05) is 27.2 Å². The maximum atomic E-state index is 11.6. The van der Waals surface area contributed by atoms with E-state index < -0.39 is 0 Å². The van der Waals surface area contributed by atoms with Gasteiger partial charge in [0.25, 0.3) is 0 Å². The van der Waals surface area contributed by atoms with Crippen LogP contribution in [0.1, 0.15) is 33.1 Å². The van der Waals surface area contributed by atoms with Crippen molar-refractivity contribution in [2.45, 2.75) is 45.2 Å². The Morgan fingerprint density at radius 3 is 2.65 bits per heavy atom. The maximum absolute atomic E-state index is 11.6. The Labute approximate surface area is 105 Å². The first kappa shape index (κ1) is 14.5. The quantitative estimate of drug-likeness (QED) is 0.651. The summed E-state index contributed by atoms with van der Waals surface area (Å²) in [4.78, 5) is 13.9. The van der Waals surface area contributed by atoms with E-state index in [0.717, 1.165) is 32.4 Å². The van der Waals surface area contributed by atoms with Gasteiger partial charge in [-0.25, -0.2) is 0 Å². The lowest BCUT2D eigenvalue weighted by molar-refractivity contribution is -0.143. The van der Waals surface area contributed by atoms with Gasteiger partial charge in [0.05, 0.1) is 7.11 Å². The lowest BCUT2D eigenvalue weighted by atomic mass is 10.2. The molecule has 0 spiro atoms. The third-order valence-corrected chi connectivity index (χ3v) is 3.72. The van der Waals surface area contributed by atoms with Gasteiger partial charge >= 0.3 is 5.97 Å². The van der Waals surface area contributed by atoms with Crippen LogP contribution in [0.3, 0.4) is 0 Å². The number of nitrogens with zero attached hydrogens (tertiary/aromatic N) is 1. The van der Waals surface area contributed by atoms with Crippen LogP contribution in [0.2, 0.25) is 0 Å². The summed E-state index contributed by atoms with van der Waals surface area (Å²) < 4.78 is 4.82. The molecule has 17 heavy (non-hydrogen) atoms. The number of ether oxygens (including phenoxy) is 1. The highest BCUT2D eigenvalue weighted by Gasteiger charge is 2.36. The highest BCUT2D eigenvalue weighted by atomic mass is 16.5. The number of esters is 1. The zero-order valence-electron chi connectivity index (χ0n) is 11.5. The molecule has 1 N–H and O–H groups in total. The predicted octanol–water partition coefficient (Wildman–Crippen LogP) is 1.26. The zero-order valence-corrected chi connectivity index (χ0v) is 11.5. The summed E-state index contributed by atoms with van der Waals surface area (Å²) in [5.41, 5.74) is 0. The fourth-order valence-electron chi connectivity index (χ4n) is 1.93. The minimum absolute atomic E-state index is 0.0923. The summed E-state index contributed by atoms with van der Waals surface area (Å²) in [6, 6.07) is 0.500. The van der Waals surface area contributed by atoms with Gasteiger partial charge in [-0.15, -0.1) is 0 Å². The van der Waals surface area contributed by atoms with Crippen LogP contribution < -0.4 is 5.32 Å². The zero-order chi connectivity index (χ0) is 12.8. The summed E-state index contributed by atoms with van der Waals surface area (Å²) >= 11 is 0. The third-order valence-electron chi connectivity index (χ3n) is 3.72. The van der Waals surface area contributed by atoms with Crippen molar-refractivity contribution in [3.63, 3.8) is 0 Å². The van der Waals surface area contributed by atoms with Crippen molar-refractivity contribution in [3.05, 3.63) is 0 Å². The van der Waals surface area contributed by atoms with Gasteiger partial charge in [-0.05, 0) is 39.2 Å². The molecule has 2 atom stereocenters. The highest BCUT2D eigenvalue weighted by molar-refractivity contribution is 5.76. The molecule has 2 unspecified atom stereocenters. The molecule has 1 aliphatic rings. The van der Waals surface area contributed by atoms with Gasteiger partial charge in [-0.3, -0.25) is 4.79 Å². The lowest BCUT2D eigenvalue weighted by Gasteiger charge is -2.24. The molecule has 1 saturated carbocycles. The largest absolute Gasteiger partial charge is 0.468 e. The number of hydrogen-bond donors (Lipinski definition) is 1. The van der Waals surface area contributed by atoms with Gasteiger partial charge in [0.1, 0.15) is 6.04 Å². The molecule has 0 heterocycles. The van der Waals surface area contributed by atoms with Crippen molar-refractivity contribution in [2.24, 2.45) is 5.92 Å². The molecule has 0 radical (unpaired) electrons.